The normalized spacial score (nSPS) is 10.1. The highest BCUT2D eigenvalue weighted by atomic mass is 16.5. The zero-order valence-corrected chi connectivity index (χ0v) is 11.2. The summed E-state index contributed by atoms with van der Waals surface area (Å²) in [6.45, 7) is 2.85. The second-order valence-corrected chi connectivity index (χ2v) is 4.24. The molecule has 0 radical (unpaired) electrons. The third kappa shape index (κ3) is 3.95. The van der Waals surface area contributed by atoms with Crippen molar-refractivity contribution in [3.05, 3.63) is 23.8 Å². The molecule has 3 N–H and O–H groups in total. The minimum absolute atomic E-state index is 0.129. The Bertz CT molecular complexity index is 391. The van der Waals surface area contributed by atoms with E-state index in [1.807, 2.05) is 0 Å². The van der Waals surface area contributed by atoms with Crippen LogP contribution in [0, 0.1) is 0 Å². The fraction of sp³-hybridized carbons (Fsp3) is 0.500. The zero-order chi connectivity index (χ0) is 13.4. The van der Waals surface area contributed by atoms with Gasteiger partial charge in [-0.2, -0.15) is 0 Å². The number of nitrogens with one attached hydrogen (secondary N) is 1. The molecule has 4 nitrogen and oxygen atoms in total. The number of carbonyl (C=O) groups is 1. The summed E-state index contributed by atoms with van der Waals surface area (Å²) in [4.78, 5) is 12.0. The maximum Gasteiger partial charge on any atom is 0.255 e. The van der Waals surface area contributed by atoms with Gasteiger partial charge in [0, 0.05) is 6.54 Å². The first-order valence-corrected chi connectivity index (χ1v) is 6.41. The summed E-state index contributed by atoms with van der Waals surface area (Å²) >= 11 is 0. The van der Waals surface area contributed by atoms with Crippen LogP contribution in [0.3, 0.4) is 0 Å². The van der Waals surface area contributed by atoms with Gasteiger partial charge < -0.3 is 15.8 Å². The van der Waals surface area contributed by atoms with Crippen molar-refractivity contribution in [2.75, 3.05) is 19.4 Å². The van der Waals surface area contributed by atoms with Crippen molar-refractivity contribution in [2.45, 2.75) is 32.6 Å². The Morgan fingerprint density at radius 1 is 1.33 bits per heavy atom. The second-order valence-electron chi connectivity index (χ2n) is 4.24. The van der Waals surface area contributed by atoms with Gasteiger partial charge in [-0.1, -0.05) is 32.3 Å². The minimum Gasteiger partial charge on any atom is -0.494 e. The van der Waals surface area contributed by atoms with E-state index in [0.717, 1.165) is 12.8 Å². The van der Waals surface area contributed by atoms with Crippen molar-refractivity contribution in [3.63, 3.8) is 0 Å². The van der Waals surface area contributed by atoms with Crippen LogP contribution in [0.15, 0.2) is 18.2 Å². The van der Waals surface area contributed by atoms with E-state index in [0.29, 0.717) is 23.5 Å². The molecule has 0 saturated carbocycles. The molecule has 1 rings (SSSR count). The lowest BCUT2D eigenvalue weighted by atomic mass is 10.1. The van der Waals surface area contributed by atoms with E-state index in [4.69, 9.17) is 10.5 Å². The van der Waals surface area contributed by atoms with Crippen molar-refractivity contribution in [1.82, 2.24) is 5.32 Å². The summed E-state index contributed by atoms with van der Waals surface area (Å²) in [5, 5.41) is 2.89. The molecule has 0 atom stereocenters. The highest BCUT2D eigenvalue weighted by molar-refractivity contribution is 5.98. The maximum absolute atomic E-state index is 12.0. The number of ether oxygens (including phenoxy) is 1. The number of methoxy groups -OCH3 is 1. The van der Waals surface area contributed by atoms with Crippen molar-refractivity contribution >= 4 is 11.6 Å². The lowest BCUT2D eigenvalue weighted by Gasteiger charge is -2.11. The van der Waals surface area contributed by atoms with E-state index in [-0.39, 0.29) is 5.91 Å². The zero-order valence-electron chi connectivity index (χ0n) is 11.2. The number of amides is 1. The molecule has 100 valence electrons. The Hall–Kier alpha value is -1.71. The van der Waals surface area contributed by atoms with Crippen LogP contribution in [-0.2, 0) is 0 Å². The van der Waals surface area contributed by atoms with Gasteiger partial charge in [0.15, 0.2) is 5.75 Å². The molecule has 4 heteroatoms. The Labute approximate surface area is 109 Å². The van der Waals surface area contributed by atoms with Crippen LogP contribution in [0.4, 0.5) is 5.69 Å². The molecular weight excluding hydrogens is 228 g/mol. The Balaban J connectivity index is 2.54. The Morgan fingerprint density at radius 3 is 2.78 bits per heavy atom. The largest absolute Gasteiger partial charge is 0.494 e. The van der Waals surface area contributed by atoms with Crippen molar-refractivity contribution in [1.29, 1.82) is 0 Å². The van der Waals surface area contributed by atoms with Crippen LogP contribution in [0.5, 0.6) is 5.75 Å². The van der Waals surface area contributed by atoms with Gasteiger partial charge in [-0.15, -0.1) is 0 Å². The molecule has 18 heavy (non-hydrogen) atoms. The summed E-state index contributed by atoms with van der Waals surface area (Å²) in [5.74, 6) is 0.319. The average Bonchev–Trinajstić information content (AvgIpc) is 2.38. The van der Waals surface area contributed by atoms with E-state index in [2.05, 4.69) is 12.2 Å². The van der Waals surface area contributed by atoms with Crippen LogP contribution < -0.4 is 15.8 Å². The molecule has 1 amide bonds. The van der Waals surface area contributed by atoms with Crippen molar-refractivity contribution in [2.24, 2.45) is 0 Å². The molecule has 0 unspecified atom stereocenters. The standard InChI is InChI=1S/C14H22N2O2/c1-3-4-5-6-10-16-14(17)11-8-7-9-12(15)13(11)18-2/h7-9H,3-6,10,15H2,1-2H3,(H,16,17). The molecule has 0 saturated heterocycles. The third-order valence-electron chi connectivity index (χ3n) is 2.81. The Morgan fingerprint density at radius 2 is 2.11 bits per heavy atom. The molecule has 0 aromatic heterocycles. The van der Waals surface area contributed by atoms with Crippen LogP contribution in [0.2, 0.25) is 0 Å². The number of hydrogen-bond donors (Lipinski definition) is 2. The van der Waals surface area contributed by atoms with Crippen molar-refractivity contribution in [3.8, 4) is 5.75 Å². The second kappa shape index (κ2) is 7.58. The molecule has 0 fully saturated rings. The number of anilines is 1. The number of rotatable bonds is 7. The molecule has 0 spiro atoms. The first-order chi connectivity index (χ1) is 8.70. The predicted octanol–water partition coefficient (Wildman–Crippen LogP) is 2.59. The number of benzene rings is 1. The minimum atomic E-state index is -0.129. The van der Waals surface area contributed by atoms with Crippen molar-refractivity contribution < 1.29 is 9.53 Å². The highest BCUT2D eigenvalue weighted by Crippen LogP contribution is 2.25. The van der Waals surface area contributed by atoms with Crippen LogP contribution in [0.1, 0.15) is 43.0 Å². The van der Waals surface area contributed by atoms with Gasteiger partial charge >= 0.3 is 0 Å². The quantitative estimate of drug-likeness (QED) is 0.577. The molecule has 0 bridgehead atoms. The maximum atomic E-state index is 12.0. The van der Waals surface area contributed by atoms with Gasteiger partial charge in [0.1, 0.15) is 0 Å². The molecule has 0 aliphatic heterocycles. The van der Waals surface area contributed by atoms with E-state index in [1.54, 1.807) is 18.2 Å². The Kier molecular flexibility index (Phi) is 6.05. The first kappa shape index (κ1) is 14.4. The van der Waals surface area contributed by atoms with Gasteiger partial charge in [-0.25, -0.2) is 0 Å². The smallest absolute Gasteiger partial charge is 0.255 e. The predicted molar refractivity (Wildman–Crippen MR) is 73.9 cm³/mol. The van der Waals surface area contributed by atoms with Crippen LogP contribution in [0.25, 0.3) is 0 Å². The molecular formula is C14H22N2O2. The molecule has 1 aromatic rings. The van der Waals surface area contributed by atoms with Gasteiger partial charge in [-0.05, 0) is 18.6 Å². The molecule has 0 aliphatic rings. The summed E-state index contributed by atoms with van der Waals surface area (Å²) < 4.78 is 5.16. The summed E-state index contributed by atoms with van der Waals surface area (Å²) in [7, 11) is 1.52. The number of unbranched alkanes of at least 4 members (excludes halogenated alkanes) is 3. The first-order valence-electron chi connectivity index (χ1n) is 6.41. The van der Waals surface area contributed by atoms with Gasteiger partial charge in [0.2, 0.25) is 0 Å². The number of nitrogens with two attached hydrogens (primary N) is 1. The van der Waals surface area contributed by atoms with E-state index in [1.165, 1.54) is 20.0 Å². The van der Waals surface area contributed by atoms with E-state index < -0.39 is 0 Å². The summed E-state index contributed by atoms with van der Waals surface area (Å²) in [5.41, 5.74) is 6.74. The topological polar surface area (TPSA) is 64.4 Å². The average molecular weight is 250 g/mol. The summed E-state index contributed by atoms with van der Waals surface area (Å²) in [6.07, 6.45) is 4.55. The lowest BCUT2D eigenvalue weighted by Crippen LogP contribution is -2.25. The van der Waals surface area contributed by atoms with E-state index in [9.17, 15) is 4.79 Å². The number of nitrogen functional groups attached to an aromatic ring is 1. The third-order valence-corrected chi connectivity index (χ3v) is 2.81. The SMILES string of the molecule is CCCCCCNC(=O)c1cccc(N)c1OC. The molecule has 1 aromatic carbocycles. The van der Waals surface area contributed by atoms with Gasteiger partial charge in [0.25, 0.3) is 5.91 Å². The lowest BCUT2D eigenvalue weighted by molar-refractivity contribution is 0.0950. The van der Waals surface area contributed by atoms with Gasteiger partial charge in [0.05, 0.1) is 18.4 Å². The monoisotopic (exact) mass is 250 g/mol. The molecule has 0 heterocycles. The van der Waals surface area contributed by atoms with Crippen LogP contribution in [-0.4, -0.2) is 19.6 Å². The highest BCUT2D eigenvalue weighted by Gasteiger charge is 2.13. The molecule has 0 aliphatic carbocycles. The van der Waals surface area contributed by atoms with Crippen LogP contribution >= 0.6 is 0 Å². The fourth-order valence-electron chi connectivity index (χ4n) is 1.81. The van der Waals surface area contributed by atoms with E-state index >= 15 is 0 Å². The van der Waals surface area contributed by atoms with Gasteiger partial charge in [-0.3, -0.25) is 4.79 Å². The number of carbonyl (C=O) groups excluding carboxylic acids is 1. The number of para-hydroxylation sites is 1. The fourth-order valence-corrected chi connectivity index (χ4v) is 1.81. The summed E-state index contributed by atoms with van der Waals surface area (Å²) in [6, 6.07) is 5.19. The number of hydrogen-bond acceptors (Lipinski definition) is 3.